The second kappa shape index (κ2) is 11.7. The van der Waals surface area contributed by atoms with Crippen LogP contribution < -0.4 is 4.74 Å². The molecule has 0 N–H and O–H groups in total. The molecule has 32 heavy (non-hydrogen) atoms. The highest BCUT2D eigenvalue weighted by atomic mass is 32.2. The number of para-hydroxylation sites is 1. The number of ether oxygens (including phenoxy) is 2. The molecular formula is C23H23N3O5S. The number of hydrogen-bond acceptors (Lipinski definition) is 7. The van der Waals surface area contributed by atoms with Gasteiger partial charge < -0.3 is 9.47 Å². The zero-order valence-electron chi connectivity index (χ0n) is 17.5. The Morgan fingerprint density at radius 2 is 2.09 bits per heavy atom. The molecule has 2 aromatic carbocycles. The number of benzene rings is 2. The summed E-state index contributed by atoms with van der Waals surface area (Å²) in [6, 6.07) is 12.2. The van der Waals surface area contributed by atoms with Gasteiger partial charge in [-0.15, -0.1) is 0 Å². The van der Waals surface area contributed by atoms with Gasteiger partial charge >= 0.3 is 0 Å². The van der Waals surface area contributed by atoms with Crippen molar-refractivity contribution < 1.29 is 19.2 Å². The smallest absolute Gasteiger partial charge is 0.280 e. The summed E-state index contributed by atoms with van der Waals surface area (Å²) in [6.07, 6.45) is 8.40. The number of carbonyl (C=O) groups excluding carboxylic acids is 1. The normalized spacial score (nSPS) is 10.9. The third-order valence-electron chi connectivity index (χ3n) is 4.44. The number of hydrogen-bond donors (Lipinski definition) is 0. The molecule has 3 aromatic rings. The first-order chi connectivity index (χ1) is 15.6. The quantitative estimate of drug-likeness (QED) is 0.0928. The van der Waals surface area contributed by atoms with Crippen LogP contribution in [-0.2, 0) is 11.3 Å². The Labute approximate surface area is 190 Å². The largest absolute Gasteiger partial charge is 0.497 e. The Hall–Kier alpha value is -3.59. The van der Waals surface area contributed by atoms with E-state index < -0.39 is 4.92 Å². The fourth-order valence-electron chi connectivity index (χ4n) is 2.98. The van der Waals surface area contributed by atoms with Gasteiger partial charge in [-0.2, -0.15) is 0 Å². The number of aldehydes is 1. The minimum Gasteiger partial charge on any atom is -0.497 e. The van der Waals surface area contributed by atoms with Crippen LogP contribution in [0.3, 0.4) is 0 Å². The van der Waals surface area contributed by atoms with E-state index in [1.165, 1.54) is 18.2 Å². The number of imidazole rings is 1. The minimum atomic E-state index is -0.586. The van der Waals surface area contributed by atoms with Crippen molar-refractivity contribution in [3.8, 4) is 11.4 Å². The van der Waals surface area contributed by atoms with E-state index >= 15 is 0 Å². The average molecular weight is 454 g/mol. The van der Waals surface area contributed by atoms with Gasteiger partial charge in [0.1, 0.15) is 12.4 Å². The molecule has 1 aromatic heterocycles. The molecule has 9 heteroatoms. The van der Waals surface area contributed by atoms with E-state index in [-0.39, 0.29) is 11.3 Å². The van der Waals surface area contributed by atoms with Crippen LogP contribution in [0.5, 0.6) is 5.75 Å². The molecule has 0 fully saturated rings. The standard InChI is InChI=1S/C23H23N3O5S/c1-2-12-30-17-18-6-3-4-7-21(18)25-11-10-24-23(25)32-14-5-13-31-20-8-9-22(26(28)29)19(15-20)16-27/h2-4,6-12,15-16H,5,13-14,17H2,1H3/b12-2+. The lowest BCUT2D eigenvalue weighted by atomic mass is 10.2. The number of rotatable bonds is 12. The number of thioether (sulfide) groups is 1. The van der Waals surface area contributed by atoms with Crippen molar-refractivity contribution in [1.29, 1.82) is 0 Å². The van der Waals surface area contributed by atoms with Gasteiger partial charge in [0.15, 0.2) is 11.4 Å². The SMILES string of the molecule is C/C=C/OCc1ccccc1-n1ccnc1SCCCOc1ccc([N+](=O)[O-])c(C=O)c1. The summed E-state index contributed by atoms with van der Waals surface area (Å²) < 4.78 is 13.2. The summed E-state index contributed by atoms with van der Waals surface area (Å²) >= 11 is 1.61. The Morgan fingerprint density at radius 3 is 2.88 bits per heavy atom. The minimum absolute atomic E-state index is 0.000902. The number of nitro benzene ring substituents is 1. The molecule has 0 saturated heterocycles. The van der Waals surface area contributed by atoms with Gasteiger partial charge in [0, 0.05) is 29.8 Å². The van der Waals surface area contributed by atoms with Crippen LogP contribution in [-0.4, -0.2) is 33.1 Å². The van der Waals surface area contributed by atoms with Crippen molar-refractivity contribution in [1.82, 2.24) is 9.55 Å². The number of aromatic nitrogens is 2. The first-order valence-corrected chi connectivity index (χ1v) is 11.0. The number of nitrogens with zero attached hydrogens (tertiary/aromatic N) is 3. The van der Waals surface area contributed by atoms with Gasteiger partial charge in [-0.3, -0.25) is 19.5 Å². The third kappa shape index (κ3) is 5.98. The molecule has 0 radical (unpaired) electrons. The summed E-state index contributed by atoms with van der Waals surface area (Å²) in [7, 11) is 0. The predicted molar refractivity (Wildman–Crippen MR) is 122 cm³/mol. The predicted octanol–water partition coefficient (Wildman–Crippen LogP) is 5.20. The molecule has 0 aliphatic carbocycles. The van der Waals surface area contributed by atoms with Gasteiger partial charge in [-0.05, 0) is 31.5 Å². The molecule has 0 atom stereocenters. The van der Waals surface area contributed by atoms with Gasteiger partial charge in [0.05, 0.1) is 29.0 Å². The van der Waals surface area contributed by atoms with E-state index in [4.69, 9.17) is 9.47 Å². The molecule has 8 nitrogen and oxygen atoms in total. The Bertz CT molecular complexity index is 1100. The third-order valence-corrected chi connectivity index (χ3v) is 5.49. The molecule has 0 unspecified atom stereocenters. The molecule has 0 amide bonds. The van der Waals surface area contributed by atoms with Crippen molar-refractivity contribution in [2.45, 2.75) is 25.1 Å². The highest BCUT2D eigenvalue weighted by molar-refractivity contribution is 7.99. The molecular weight excluding hydrogens is 430 g/mol. The maximum Gasteiger partial charge on any atom is 0.280 e. The van der Waals surface area contributed by atoms with Crippen LogP contribution in [0, 0.1) is 10.1 Å². The van der Waals surface area contributed by atoms with Crippen LogP contribution in [0.4, 0.5) is 5.69 Å². The second-order valence-electron chi connectivity index (χ2n) is 6.64. The van der Waals surface area contributed by atoms with Crippen LogP contribution in [0.2, 0.25) is 0 Å². The van der Waals surface area contributed by atoms with E-state index in [0.717, 1.165) is 28.6 Å². The Kier molecular flexibility index (Phi) is 8.44. The maximum atomic E-state index is 11.1. The Morgan fingerprint density at radius 1 is 1.25 bits per heavy atom. The van der Waals surface area contributed by atoms with E-state index in [2.05, 4.69) is 4.98 Å². The molecule has 0 bridgehead atoms. The lowest BCUT2D eigenvalue weighted by Gasteiger charge is -2.13. The van der Waals surface area contributed by atoms with E-state index in [1.807, 2.05) is 48.0 Å². The monoisotopic (exact) mass is 453 g/mol. The highest BCUT2D eigenvalue weighted by Gasteiger charge is 2.14. The summed E-state index contributed by atoms with van der Waals surface area (Å²) in [6.45, 7) is 2.79. The fourth-order valence-corrected chi connectivity index (χ4v) is 3.86. The van der Waals surface area contributed by atoms with Crippen LogP contribution in [0.1, 0.15) is 29.3 Å². The number of nitro groups is 1. The van der Waals surface area contributed by atoms with Crippen molar-refractivity contribution in [2.75, 3.05) is 12.4 Å². The zero-order chi connectivity index (χ0) is 22.8. The molecule has 166 valence electrons. The molecule has 3 rings (SSSR count). The summed E-state index contributed by atoms with van der Waals surface area (Å²) in [4.78, 5) is 25.8. The average Bonchev–Trinajstić information content (AvgIpc) is 3.27. The van der Waals surface area contributed by atoms with Gasteiger partial charge in [0.25, 0.3) is 5.69 Å². The summed E-state index contributed by atoms with van der Waals surface area (Å²) in [5.74, 6) is 1.20. The lowest BCUT2D eigenvalue weighted by molar-refractivity contribution is -0.385. The zero-order valence-corrected chi connectivity index (χ0v) is 18.4. The van der Waals surface area contributed by atoms with E-state index in [0.29, 0.717) is 25.2 Å². The molecule has 0 saturated carbocycles. The highest BCUT2D eigenvalue weighted by Crippen LogP contribution is 2.25. The van der Waals surface area contributed by atoms with Crippen LogP contribution >= 0.6 is 11.8 Å². The topological polar surface area (TPSA) is 96.5 Å². The van der Waals surface area contributed by atoms with Crippen molar-refractivity contribution in [2.24, 2.45) is 0 Å². The molecule has 0 spiro atoms. The first-order valence-electron chi connectivity index (χ1n) is 9.97. The maximum absolute atomic E-state index is 11.1. The fraction of sp³-hybridized carbons (Fsp3) is 0.217. The van der Waals surface area contributed by atoms with Crippen molar-refractivity contribution in [3.63, 3.8) is 0 Å². The lowest BCUT2D eigenvalue weighted by Crippen LogP contribution is -2.03. The van der Waals surface area contributed by atoms with Gasteiger partial charge in [-0.1, -0.05) is 36.0 Å². The summed E-state index contributed by atoms with van der Waals surface area (Å²) in [5.41, 5.74) is 1.84. The van der Waals surface area contributed by atoms with Gasteiger partial charge in [0.2, 0.25) is 0 Å². The summed E-state index contributed by atoms with van der Waals surface area (Å²) in [5, 5.41) is 11.8. The second-order valence-corrected chi connectivity index (χ2v) is 7.70. The number of allylic oxidation sites excluding steroid dienone is 1. The van der Waals surface area contributed by atoms with E-state index in [9.17, 15) is 14.9 Å². The Balaban J connectivity index is 1.55. The van der Waals surface area contributed by atoms with Crippen LogP contribution in [0.25, 0.3) is 5.69 Å². The van der Waals surface area contributed by atoms with Crippen molar-refractivity contribution >= 4 is 23.7 Å². The van der Waals surface area contributed by atoms with Crippen molar-refractivity contribution in [3.05, 3.63) is 88.4 Å². The number of carbonyl (C=O) groups is 1. The molecule has 1 heterocycles. The molecule has 0 aliphatic heterocycles. The van der Waals surface area contributed by atoms with Crippen LogP contribution in [0.15, 0.2) is 72.4 Å². The van der Waals surface area contributed by atoms with Gasteiger partial charge in [-0.25, -0.2) is 4.98 Å². The molecule has 0 aliphatic rings. The van der Waals surface area contributed by atoms with E-state index in [1.54, 1.807) is 24.2 Å². The first kappa shape index (κ1) is 23.1.